The zero-order valence-electron chi connectivity index (χ0n) is 10.5. The molecular weight excluding hydrogens is 180 g/mol. The van der Waals surface area contributed by atoms with Gasteiger partial charge in [-0.15, -0.1) is 6.58 Å². The summed E-state index contributed by atoms with van der Waals surface area (Å²) in [5.41, 5.74) is 1.23. The van der Waals surface area contributed by atoms with Gasteiger partial charge in [-0.05, 0) is 36.0 Å². The average Bonchev–Trinajstić information content (AvgIpc) is 2.68. The Morgan fingerprint density at radius 1 is 1.27 bits per heavy atom. The Morgan fingerprint density at radius 3 is 2.67 bits per heavy atom. The largest absolute Gasteiger partial charge is 0.103 e. The van der Waals surface area contributed by atoms with Crippen molar-refractivity contribution in [1.82, 2.24) is 0 Å². The molecule has 1 unspecified atom stereocenters. The van der Waals surface area contributed by atoms with E-state index in [1.54, 1.807) is 0 Å². The van der Waals surface area contributed by atoms with Gasteiger partial charge in [-0.1, -0.05) is 52.0 Å². The summed E-state index contributed by atoms with van der Waals surface area (Å²) in [4.78, 5) is 0. The van der Waals surface area contributed by atoms with Crippen LogP contribution >= 0.6 is 0 Å². The predicted molar refractivity (Wildman–Crippen MR) is 66.8 cm³/mol. The Morgan fingerprint density at radius 2 is 2.07 bits per heavy atom. The van der Waals surface area contributed by atoms with E-state index in [1.807, 2.05) is 0 Å². The smallest absolute Gasteiger partial charge is 0.00586 e. The third-order valence-electron chi connectivity index (χ3n) is 5.03. The summed E-state index contributed by atoms with van der Waals surface area (Å²) < 4.78 is 0. The van der Waals surface area contributed by atoms with E-state index in [1.165, 1.54) is 51.4 Å². The monoisotopic (exact) mass is 206 g/mol. The topological polar surface area (TPSA) is 0 Å². The average molecular weight is 206 g/mol. The number of hydrogen-bond donors (Lipinski definition) is 0. The maximum absolute atomic E-state index is 4.05. The van der Waals surface area contributed by atoms with Crippen molar-refractivity contribution in [1.29, 1.82) is 0 Å². The first-order valence-electron chi connectivity index (χ1n) is 6.79. The van der Waals surface area contributed by atoms with Crippen LogP contribution in [0.4, 0.5) is 0 Å². The van der Waals surface area contributed by atoms with Gasteiger partial charge in [0, 0.05) is 0 Å². The standard InChI is InChI=1S/C15H26/c1-4-6-7-8-9-13-10-14(3)12-15(14,5-2)11-13/h5,13H,2,4,6-12H2,1,3H3/t13?,14-,15+/m0/s1. The van der Waals surface area contributed by atoms with Gasteiger partial charge in [0.25, 0.3) is 0 Å². The molecule has 15 heavy (non-hydrogen) atoms. The van der Waals surface area contributed by atoms with Crippen molar-refractivity contribution in [2.24, 2.45) is 16.7 Å². The lowest BCUT2D eigenvalue weighted by atomic mass is 9.92. The third-order valence-corrected chi connectivity index (χ3v) is 5.03. The Balaban J connectivity index is 1.72. The molecule has 86 valence electrons. The third kappa shape index (κ3) is 1.88. The van der Waals surface area contributed by atoms with Gasteiger partial charge in [0.15, 0.2) is 0 Å². The van der Waals surface area contributed by atoms with Crippen LogP contribution < -0.4 is 0 Å². The molecule has 2 fully saturated rings. The van der Waals surface area contributed by atoms with Gasteiger partial charge in [0.2, 0.25) is 0 Å². The number of rotatable bonds is 6. The van der Waals surface area contributed by atoms with E-state index in [4.69, 9.17) is 0 Å². The summed E-state index contributed by atoms with van der Waals surface area (Å²) in [6.07, 6.45) is 13.8. The lowest BCUT2D eigenvalue weighted by Crippen LogP contribution is -2.00. The van der Waals surface area contributed by atoms with E-state index in [0.717, 1.165) is 5.92 Å². The molecule has 0 bridgehead atoms. The van der Waals surface area contributed by atoms with Crippen LogP contribution in [-0.4, -0.2) is 0 Å². The fraction of sp³-hybridized carbons (Fsp3) is 0.867. The molecule has 0 saturated heterocycles. The molecule has 2 saturated carbocycles. The molecule has 3 atom stereocenters. The molecule has 0 N–H and O–H groups in total. The molecular formula is C15H26. The lowest BCUT2D eigenvalue weighted by Gasteiger charge is -2.13. The van der Waals surface area contributed by atoms with E-state index in [0.29, 0.717) is 10.8 Å². The molecule has 0 spiro atoms. The summed E-state index contributed by atoms with van der Waals surface area (Å²) >= 11 is 0. The van der Waals surface area contributed by atoms with Crippen LogP contribution in [-0.2, 0) is 0 Å². The molecule has 0 nitrogen and oxygen atoms in total. The van der Waals surface area contributed by atoms with Crippen molar-refractivity contribution in [3.8, 4) is 0 Å². The number of fused-ring (bicyclic) bond motifs is 1. The van der Waals surface area contributed by atoms with Gasteiger partial charge in [-0.25, -0.2) is 0 Å². The van der Waals surface area contributed by atoms with Crippen LogP contribution in [0.2, 0.25) is 0 Å². The molecule has 0 amide bonds. The lowest BCUT2D eigenvalue weighted by molar-refractivity contribution is 0.394. The highest BCUT2D eigenvalue weighted by molar-refractivity contribution is 5.24. The molecule has 0 aromatic carbocycles. The zero-order valence-corrected chi connectivity index (χ0v) is 10.5. The summed E-state index contributed by atoms with van der Waals surface area (Å²) in [5, 5.41) is 0. The minimum atomic E-state index is 0.572. The van der Waals surface area contributed by atoms with Gasteiger partial charge in [-0.3, -0.25) is 0 Å². The number of unbranched alkanes of at least 4 members (excludes halogenated alkanes) is 3. The van der Waals surface area contributed by atoms with Gasteiger partial charge in [-0.2, -0.15) is 0 Å². The van der Waals surface area contributed by atoms with E-state index in [9.17, 15) is 0 Å². The van der Waals surface area contributed by atoms with Crippen molar-refractivity contribution >= 4 is 0 Å². The highest BCUT2D eigenvalue weighted by Crippen LogP contribution is 2.75. The highest BCUT2D eigenvalue weighted by Gasteiger charge is 2.66. The first kappa shape index (κ1) is 11.2. The van der Waals surface area contributed by atoms with Gasteiger partial charge >= 0.3 is 0 Å². The molecule has 0 radical (unpaired) electrons. The second-order valence-corrected chi connectivity index (χ2v) is 6.22. The van der Waals surface area contributed by atoms with Crippen molar-refractivity contribution in [3.63, 3.8) is 0 Å². The van der Waals surface area contributed by atoms with E-state index < -0.39 is 0 Å². The highest BCUT2D eigenvalue weighted by atomic mass is 14.7. The normalized spacial score (nSPS) is 42.7. The first-order valence-corrected chi connectivity index (χ1v) is 6.79. The van der Waals surface area contributed by atoms with Crippen LogP contribution in [0, 0.1) is 16.7 Å². The van der Waals surface area contributed by atoms with Crippen LogP contribution in [0.25, 0.3) is 0 Å². The van der Waals surface area contributed by atoms with Crippen LogP contribution in [0.5, 0.6) is 0 Å². The maximum Gasteiger partial charge on any atom is -0.00586 e. The molecule has 0 aromatic rings. The Kier molecular flexibility index (Phi) is 2.96. The molecule has 2 aliphatic rings. The van der Waals surface area contributed by atoms with Gasteiger partial charge < -0.3 is 0 Å². The van der Waals surface area contributed by atoms with Crippen LogP contribution in [0.1, 0.15) is 65.2 Å². The predicted octanol–water partition coefficient (Wildman–Crippen LogP) is 4.95. The molecule has 0 heterocycles. The zero-order chi connectivity index (χ0) is 10.9. The van der Waals surface area contributed by atoms with Crippen molar-refractivity contribution in [3.05, 3.63) is 12.7 Å². The summed E-state index contributed by atoms with van der Waals surface area (Å²) in [7, 11) is 0. The van der Waals surface area contributed by atoms with E-state index in [2.05, 4.69) is 26.5 Å². The Labute approximate surface area is 95.1 Å². The SMILES string of the molecule is C=C[C@]12CC(CCCCCC)C[C@@]1(C)C2. The summed E-state index contributed by atoms with van der Waals surface area (Å²) in [6.45, 7) is 8.81. The van der Waals surface area contributed by atoms with Crippen LogP contribution in [0.3, 0.4) is 0 Å². The minimum Gasteiger partial charge on any atom is -0.103 e. The molecule has 2 rings (SSSR count). The molecule has 0 aliphatic heterocycles. The molecule has 0 heteroatoms. The van der Waals surface area contributed by atoms with E-state index in [-0.39, 0.29) is 0 Å². The molecule has 2 aliphatic carbocycles. The molecule has 0 aromatic heterocycles. The fourth-order valence-electron chi connectivity index (χ4n) is 3.94. The van der Waals surface area contributed by atoms with Crippen molar-refractivity contribution in [2.45, 2.75) is 65.2 Å². The van der Waals surface area contributed by atoms with Crippen LogP contribution in [0.15, 0.2) is 12.7 Å². The van der Waals surface area contributed by atoms with E-state index >= 15 is 0 Å². The Bertz CT molecular complexity index is 242. The van der Waals surface area contributed by atoms with Crippen molar-refractivity contribution < 1.29 is 0 Å². The van der Waals surface area contributed by atoms with Gasteiger partial charge in [0.1, 0.15) is 0 Å². The minimum absolute atomic E-state index is 0.572. The maximum atomic E-state index is 4.05. The second kappa shape index (κ2) is 3.96. The summed E-state index contributed by atoms with van der Waals surface area (Å²) in [5.74, 6) is 1.01. The fourth-order valence-corrected chi connectivity index (χ4v) is 3.94. The second-order valence-electron chi connectivity index (χ2n) is 6.22. The van der Waals surface area contributed by atoms with Crippen molar-refractivity contribution in [2.75, 3.05) is 0 Å². The first-order chi connectivity index (χ1) is 7.16. The quantitative estimate of drug-likeness (QED) is 0.426. The number of hydrogen-bond acceptors (Lipinski definition) is 0. The number of allylic oxidation sites excluding steroid dienone is 1. The van der Waals surface area contributed by atoms with Gasteiger partial charge in [0.05, 0.1) is 0 Å². The Hall–Kier alpha value is -0.260. The summed E-state index contributed by atoms with van der Waals surface area (Å²) in [6, 6.07) is 0.